The third kappa shape index (κ3) is 4.76. The number of aromatic nitrogens is 2. The number of nitrogens with one attached hydrogen (secondary N) is 1. The van der Waals surface area contributed by atoms with Gasteiger partial charge in [0.15, 0.2) is 11.8 Å². The first-order valence-electron chi connectivity index (χ1n) is 10.2. The highest BCUT2D eigenvalue weighted by molar-refractivity contribution is 8.13. The SMILES string of the molecule is C[C@@]12COC[C@]1(c1cc(NC(=O)c3cnc(OCC(F)(F)C(F)F)cn3)ccc1F)N=C(N)SC2. The van der Waals surface area contributed by atoms with Crippen LogP contribution >= 0.6 is 11.8 Å². The first-order valence-corrected chi connectivity index (χ1v) is 11.2. The van der Waals surface area contributed by atoms with Gasteiger partial charge in [-0.05, 0) is 18.2 Å². The van der Waals surface area contributed by atoms with Crippen LogP contribution in [0.2, 0.25) is 0 Å². The summed E-state index contributed by atoms with van der Waals surface area (Å²) in [5.41, 5.74) is 4.60. The number of amides is 1. The van der Waals surface area contributed by atoms with Crippen LogP contribution in [0.1, 0.15) is 23.0 Å². The molecule has 3 heterocycles. The molecule has 3 N–H and O–H groups in total. The van der Waals surface area contributed by atoms with Crippen molar-refractivity contribution in [1.82, 2.24) is 9.97 Å². The lowest BCUT2D eigenvalue weighted by Crippen LogP contribution is -2.48. The minimum atomic E-state index is -4.36. The van der Waals surface area contributed by atoms with Crippen molar-refractivity contribution in [3.63, 3.8) is 0 Å². The zero-order valence-corrected chi connectivity index (χ0v) is 19.1. The van der Waals surface area contributed by atoms with E-state index in [4.69, 9.17) is 10.5 Å². The van der Waals surface area contributed by atoms with Gasteiger partial charge >= 0.3 is 12.3 Å². The van der Waals surface area contributed by atoms with Gasteiger partial charge in [0, 0.05) is 22.4 Å². The number of ether oxygens (including phenoxy) is 2. The predicted molar refractivity (Wildman–Crippen MR) is 118 cm³/mol. The molecule has 0 saturated carbocycles. The van der Waals surface area contributed by atoms with Crippen molar-refractivity contribution in [2.45, 2.75) is 24.8 Å². The summed E-state index contributed by atoms with van der Waals surface area (Å²) in [4.78, 5) is 24.5. The average Bonchev–Trinajstić information content (AvgIpc) is 3.16. The molecule has 0 spiro atoms. The first kappa shape index (κ1) is 25.1. The van der Waals surface area contributed by atoms with E-state index in [1.807, 2.05) is 6.92 Å². The molecule has 0 aliphatic carbocycles. The van der Waals surface area contributed by atoms with Gasteiger partial charge in [0.05, 0.1) is 25.6 Å². The lowest BCUT2D eigenvalue weighted by atomic mass is 9.70. The molecular weight excluding hydrogens is 497 g/mol. The Labute approximate surface area is 200 Å². The number of carbonyl (C=O) groups is 1. The van der Waals surface area contributed by atoms with Crippen LogP contribution < -0.4 is 15.8 Å². The van der Waals surface area contributed by atoms with Crippen molar-refractivity contribution in [2.75, 3.05) is 30.9 Å². The number of nitrogens with zero attached hydrogens (tertiary/aromatic N) is 3. The van der Waals surface area contributed by atoms with Gasteiger partial charge in [0.2, 0.25) is 5.88 Å². The molecule has 2 aliphatic heterocycles. The van der Waals surface area contributed by atoms with Crippen molar-refractivity contribution in [3.05, 3.63) is 47.7 Å². The molecule has 1 saturated heterocycles. The van der Waals surface area contributed by atoms with Gasteiger partial charge in [-0.15, -0.1) is 0 Å². The normalized spacial score (nSPS) is 24.1. The first-order chi connectivity index (χ1) is 16.5. The molecule has 14 heteroatoms. The van der Waals surface area contributed by atoms with Gasteiger partial charge in [-0.3, -0.25) is 4.79 Å². The summed E-state index contributed by atoms with van der Waals surface area (Å²) in [5.74, 6) is -5.51. The second-order valence-corrected chi connectivity index (χ2v) is 9.39. The maximum Gasteiger partial charge on any atom is 0.340 e. The molecule has 35 heavy (non-hydrogen) atoms. The Morgan fingerprint density at radius 1 is 1.31 bits per heavy atom. The van der Waals surface area contributed by atoms with E-state index < -0.39 is 47.5 Å². The van der Waals surface area contributed by atoms with Crippen LogP contribution in [0.3, 0.4) is 0 Å². The molecule has 0 bridgehead atoms. The molecule has 1 fully saturated rings. The van der Waals surface area contributed by atoms with Gasteiger partial charge in [-0.2, -0.15) is 8.78 Å². The smallest absolute Gasteiger partial charge is 0.340 e. The lowest BCUT2D eigenvalue weighted by Gasteiger charge is -2.42. The van der Waals surface area contributed by atoms with E-state index in [-0.39, 0.29) is 23.6 Å². The van der Waals surface area contributed by atoms with Gasteiger partial charge in [0.25, 0.3) is 5.91 Å². The summed E-state index contributed by atoms with van der Waals surface area (Å²) >= 11 is 1.36. The third-order valence-corrected chi connectivity index (χ3v) is 7.00. The minimum absolute atomic E-state index is 0.122. The molecule has 0 radical (unpaired) electrons. The number of carbonyl (C=O) groups excluding carboxylic acids is 1. The summed E-state index contributed by atoms with van der Waals surface area (Å²) in [6.07, 6.45) is -2.12. The van der Waals surface area contributed by atoms with Crippen LogP contribution in [0.15, 0.2) is 35.6 Å². The summed E-state index contributed by atoms with van der Waals surface area (Å²) in [5, 5.41) is 2.87. The Bertz CT molecular complexity index is 1150. The van der Waals surface area contributed by atoms with E-state index in [2.05, 4.69) is 25.0 Å². The number of benzene rings is 1. The number of rotatable bonds is 7. The molecule has 2 aromatic rings. The molecule has 1 amide bonds. The van der Waals surface area contributed by atoms with Crippen LogP contribution in [0.4, 0.5) is 27.6 Å². The van der Waals surface area contributed by atoms with Gasteiger partial charge in [0.1, 0.15) is 17.1 Å². The largest absolute Gasteiger partial charge is 0.470 e. The van der Waals surface area contributed by atoms with Gasteiger partial charge in [-0.25, -0.2) is 28.1 Å². The van der Waals surface area contributed by atoms with Gasteiger partial charge in [-0.1, -0.05) is 18.7 Å². The maximum atomic E-state index is 15.0. The van der Waals surface area contributed by atoms with E-state index in [1.165, 1.54) is 30.0 Å². The van der Waals surface area contributed by atoms with Crippen LogP contribution in [0.5, 0.6) is 5.88 Å². The summed E-state index contributed by atoms with van der Waals surface area (Å²) < 4.78 is 75.5. The number of thioether (sulfide) groups is 1. The number of hydrogen-bond acceptors (Lipinski definition) is 8. The number of hydrogen-bond donors (Lipinski definition) is 2. The van der Waals surface area contributed by atoms with E-state index in [1.54, 1.807) is 0 Å². The predicted octanol–water partition coefficient (Wildman–Crippen LogP) is 3.44. The second kappa shape index (κ2) is 9.22. The summed E-state index contributed by atoms with van der Waals surface area (Å²) in [7, 11) is 0. The summed E-state index contributed by atoms with van der Waals surface area (Å²) in [6.45, 7) is 0.819. The van der Waals surface area contributed by atoms with Crippen molar-refractivity contribution in [2.24, 2.45) is 16.1 Å². The highest BCUT2D eigenvalue weighted by Gasteiger charge is 2.57. The molecule has 188 valence electrons. The van der Waals surface area contributed by atoms with Crippen molar-refractivity contribution in [3.8, 4) is 5.88 Å². The third-order valence-electron chi connectivity index (χ3n) is 5.83. The number of fused-ring (bicyclic) bond motifs is 1. The molecule has 0 unspecified atom stereocenters. The number of halogens is 5. The van der Waals surface area contributed by atoms with Crippen molar-refractivity contribution < 1.29 is 36.2 Å². The molecule has 4 rings (SSSR count). The standard InChI is InChI=1S/C21H20F5N5O3S/c1-19-7-33-8-20(19,31-18(27)35-10-19)12-4-11(2-3-13(12)22)30-16(32)14-5-29-15(6-28-14)34-9-21(25,26)17(23)24/h2-6,17H,7-10H2,1H3,(H2,27,31)(H,30,32)/t19-,20+/m0/s1. The zero-order valence-electron chi connectivity index (χ0n) is 18.2. The van der Waals surface area contributed by atoms with E-state index in [0.29, 0.717) is 17.5 Å². The number of aliphatic imine (C=N–C) groups is 1. The van der Waals surface area contributed by atoms with Crippen LogP contribution in [0.25, 0.3) is 0 Å². The highest BCUT2D eigenvalue weighted by Crippen LogP contribution is 2.53. The zero-order chi connectivity index (χ0) is 25.4. The van der Waals surface area contributed by atoms with Crippen molar-refractivity contribution >= 4 is 28.5 Å². The number of nitrogens with two attached hydrogens (primary N) is 1. The van der Waals surface area contributed by atoms with Crippen LogP contribution in [-0.4, -0.2) is 59.0 Å². The molecule has 8 nitrogen and oxygen atoms in total. The molecule has 1 aromatic heterocycles. The second-order valence-electron chi connectivity index (χ2n) is 8.39. The molecule has 2 aliphatic rings. The Hall–Kier alpha value is -3.00. The Balaban J connectivity index is 1.51. The Morgan fingerprint density at radius 2 is 2.09 bits per heavy atom. The van der Waals surface area contributed by atoms with E-state index in [9.17, 15) is 26.7 Å². The van der Waals surface area contributed by atoms with Gasteiger partial charge < -0.3 is 20.5 Å². The number of amidine groups is 1. The van der Waals surface area contributed by atoms with E-state index in [0.717, 1.165) is 12.4 Å². The Morgan fingerprint density at radius 3 is 2.77 bits per heavy atom. The maximum absolute atomic E-state index is 15.0. The fourth-order valence-electron chi connectivity index (χ4n) is 3.82. The van der Waals surface area contributed by atoms with Crippen molar-refractivity contribution in [1.29, 1.82) is 0 Å². The van der Waals surface area contributed by atoms with Crippen LogP contribution in [-0.2, 0) is 10.3 Å². The Kier molecular flexibility index (Phi) is 6.62. The lowest BCUT2D eigenvalue weighted by molar-refractivity contribution is -0.148. The molecule has 1 aromatic carbocycles. The quantitative estimate of drug-likeness (QED) is 0.542. The average molecular weight is 517 g/mol. The highest BCUT2D eigenvalue weighted by atomic mass is 32.2. The van der Waals surface area contributed by atoms with Crippen LogP contribution in [0, 0.1) is 11.2 Å². The fraction of sp³-hybridized carbons (Fsp3) is 0.429. The fourth-order valence-corrected chi connectivity index (χ4v) is 4.83. The number of anilines is 1. The monoisotopic (exact) mass is 517 g/mol. The minimum Gasteiger partial charge on any atom is -0.470 e. The topological polar surface area (TPSA) is 112 Å². The molecular formula is C21H20F5N5O3S. The summed E-state index contributed by atoms with van der Waals surface area (Å²) in [6, 6.07) is 3.99. The number of alkyl halides is 4. The molecule has 2 atom stereocenters. The van der Waals surface area contributed by atoms with E-state index >= 15 is 0 Å².